The summed E-state index contributed by atoms with van der Waals surface area (Å²) in [4.78, 5) is 10.5. The molecule has 88 valence electrons. The van der Waals surface area contributed by atoms with Crippen LogP contribution in [0.5, 0.6) is 0 Å². The van der Waals surface area contributed by atoms with Gasteiger partial charge in [0.2, 0.25) is 0 Å². The molecule has 16 heavy (non-hydrogen) atoms. The molecule has 1 N–H and O–H groups in total. The second-order valence-electron chi connectivity index (χ2n) is 4.51. The summed E-state index contributed by atoms with van der Waals surface area (Å²) in [5.74, 6) is -0.745. The van der Waals surface area contributed by atoms with E-state index in [0.29, 0.717) is 12.5 Å². The van der Waals surface area contributed by atoms with Gasteiger partial charge in [-0.1, -0.05) is 19.3 Å². The minimum atomic E-state index is -0.745. The van der Waals surface area contributed by atoms with Crippen molar-refractivity contribution in [2.24, 2.45) is 0 Å². The number of aryl methyl sites for hydroxylation is 1. The summed E-state index contributed by atoms with van der Waals surface area (Å²) in [5, 5.41) is 12.9. The molecule has 0 unspecified atom stereocenters. The van der Waals surface area contributed by atoms with Gasteiger partial charge in [0.05, 0.1) is 12.2 Å². The highest BCUT2D eigenvalue weighted by Crippen LogP contribution is 2.27. The molecule has 1 aliphatic rings. The van der Waals surface area contributed by atoms with Gasteiger partial charge in [-0.05, 0) is 24.8 Å². The van der Waals surface area contributed by atoms with Crippen LogP contribution in [0.1, 0.15) is 50.1 Å². The van der Waals surface area contributed by atoms with Crippen LogP contribution in [0.15, 0.2) is 12.4 Å². The van der Waals surface area contributed by atoms with Crippen molar-refractivity contribution >= 4 is 5.97 Å². The van der Waals surface area contributed by atoms with Crippen LogP contribution in [0.4, 0.5) is 0 Å². The number of carbonyl (C=O) groups is 1. The van der Waals surface area contributed by atoms with Crippen LogP contribution in [0.3, 0.4) is 0 Å². The van der Waals surface area contributed by atoms with E-state index in [2.05, 4.69) is 5.10 Å². The first-order valence-corrected chi connectivity index (χ1v) is 6.00. The molecule has 1 aromatic heterocycles. The standard InChI is InChI=1S/C12H18N2O2/c15-12(16)7-6-10-8-13-14(9-10)11-4-2-1-3-5-11/h8-9,11H,1-7H2,(H,15,16). The Hall–Kier alpha value is -1.32. The molecule has 1 heterocycles. The maximum atomic E-state index is 10.5. The van der Waals surface area contributed by atoms with Crippen molar-refractivity contribution in [2.45, 2.75) is 51.0 Å². The van der Waals surface area contributed by atoms with Crippen LogP contribution < -0.4 is 0 Å². The van der Waals surface area contributed by atoms with Gasteiger partial charge in [0.25, 0.3) is 0 Å². The van der Waals surface area contributed by atoms with Gasteiger partial charge in [-0.2, -0.15) is 5.10 Å². The van der Waals surface area contributed by atoms with Crippen LogP contribution in [-0.4, -0.2) is 20.9 Å². The van der Waals surface area contributed by atoms with Crippen molar-refractivity contribution < 1.29 is 9.90 Å². The molecule has 0 aliphatic heterocycles. The summed E-state index contributed by atoms with van der Waals surface area (Å²) in [5.41, 5.74) is 1.04. The predicted molar refractivity (Wildman–Crippen MR) is 60.3 cm³/mol. The number of carboxylic acid groups (broad SMARTS) is 1. The van der Waals surface area contributed by atoms with Crippen molar-refractivity contribution in [3.05, 3.63) is 18.0 Å². The minimum absolute atomic E-state index is 0.191. The summed E-state index contributed by atoms with van der Waals surface area (Å²) < 4.78 is 2.02. The fraction of sp³-hybridized carbons (Fsp3) is 0.667. The molecule has 0 spiro atoms. The Morgan fingerprint density at radius 2 is 2.19 bits per heavy atom. The Morgan fingerprint density at radius 1 is 1.44 bits per heavy atom. The van der Waals surface area contributed by atoms with Gasteiger partial charge in [-0.15, -0.1) is 0 Å². The molecule has 1 aromatic rings. The van der Waals surface area contributed by atoms with E-state index in [9.17, 15) is 4.79 Å². The highest BCUT2D eigenvalue weighted by Gasteiger charge is 2.15. The van der Waals surface area contributed by atoms with Crippen LogP contribution >= 0.6 is 0 Å². The number of nitrogens with zero attached hydrogens (tertiary/aromatic N) is 2. The topological polar surface area (TPSA) is 55.1 Å². The largest absolute Gasteiger partial charge is 0.481 e. The van der Waals surface area contributed by atoms with Crippen LogP contribution in [0.2, 0.25) is 0 Å². The minimum Gasteiger partial charge on any atom is -0.481 e. The molecule has 1 fully saturated rings. The maximum Gasteiger partial charge on any atom is 0.303 e. The number of aliphatic carboxylic acids is 1. The Bertz CT molecular complexity index is 354. The average molecular weight is 222 g/mol. The number of hydrogen-bond donors (Lipinski definition) is 1. The second-order valence-corrected chi connectivity index (χ2v) is 4.51. The molecule has 0 amide bonds. The average Bonchev–Trinajstić information content (AvgIpc) is 2.76. The Morgan fingerprint density at radius 3 is 2.88 bits per heavy atom. The first kappa shape index (κ1) is 11.2. The lowest BCUT2D eigenvalue weighted by Gasteiger charge is -2.21. The molecule has 0 aromatic carbocycles. The van der Waals surface area contributed by atoms with E-state index in [4.69, 9.17) is 5.11 Å². The van der Waals surface area contributed by atoms with Gasteiger partial charge in [0.1, 0.15) is 0 Å². The van der Waals surface area contributed by atoms with Gasteiger partial charge < -0.3 is 5.11 Å². The zero-order chi connectivity index (χ0) is 11.4. The van der Waals surface area contributed by atoms with Crippen molar-refractivity contribution in [1.82, 2.24) is 9.78 Å². The lowest BCUT2D eigenvalue weighted by atomic mass is 9.96. The molecule has 4 nitrogen and oxygen atoms in total. The van der Waals surface area contributed by atoms with Crippen molar-refractivity contribution in [1.29, 1.82) is 0 Å². The van der Waals surface area contributed by atoms with Gasteiger partial charge in [-0.25, -0.2) is 0 Å². The quantitative estimate of drug-likeness (QED) is 0.851. The van der Waals surface area contributed by atoms with E-state index in [0.717, 1.165) is 5.56 Å². The van der Waals surface area contributed by atoms with E-state index in [1.165, 1.54) is 32.1 Å². The molecule has 0 bridgehead atoms. The number of carboxylic acids is 1. The molecular weight excluding hydrogens is 204 g/mol. The zero-order valence-electron chi connectivity index (χ0n) is 9.43. The third-order valence-corrected chi connectivity index (χ3v) is 3.23. The van der Waals surface area contributed by atoms with E-state index >= 15 is 0 Å². The fourth-order valence-electron chi connectivity index (χ4n) is 2.30. The van der Waals surface area contributed by atoms with Crippen molar-refractivity contribution in [2.75, 3.05) is 0 Å². The van der Waals surface area contributed by atoms with E-state index in [-0.39, 0.29) is 6.42 Å². The molecule has 0 atom stereocenters. The smallest absolute Gasteiger partial charge is 0.303 e. The first-order valence-electron chi connectivity index (χ1n) is 6.00. The molecule has 0 radical (unpaired) electrons. The molecule has 2 rings (SSSR count). The normalized spacial score (nSPS) is 17.5. The SMILES string of the molecule is O=C(O)CCc1cnn(C2CCCCC2)c1. The monoisotopic (exact) mass is 222 g/mol. The Kier molecular flexibility index (Phi) is 3.59. The number of aromatic nitrogens is 2. The van der Waals surface area contributed by atoms with E-state index in [1.807, 2.05) is 10.9 Å². The maximum absolute atomic E-state index is 10.5. The third-order valence-electron chi connectivity index (χ3n) is 3.23. The molecule has 4 heteroatoms. The zero-order valence-corrected chi connectivity index (χ0v) is 9.43. The second kappa shape index (κ2) is 5.14. The summed E-state index contributed by atoms with van der Waals surface area (Å²) in [7, 11) is 0. The summed E-state index contributed by atoms with van der Waals surface area (Å²) in [6.45, 7) is 0. The predicted octanol–water partition coefficient (Wildman–Crippen LogP) is 2.41. The highest BCUT2D eigenvalue weighted by atomic mass is 16.4. The lowest BCUT2D eigenvalue weighted by molar-refractivity contribution is -0.136. The van der Waals surface area contributed by atoms with E-state index < -0.39 is 5.97 Å². The summed E-state index contributed by atoms with van der Waals surface area (Å²) in [6, 6.07) is 0.535. The number of hydrogen-bond acceptors (Lipinski definition) is 2. The van der Waals surface area contributed by atoms with Crippen LogP contribution in [0.25, 0.3) is 0 Å². The van der Waals surface area contributed by atoms with Crippen LogP contribution in [-0.2, 0) is 11.2 Å². The molecule has 1 aliphatic carbocycles. The van der Waals surface area contributed by atoms with Gasteiger partial charge in [-0.3, -0.25) is 9.48 Å². The summed E-state index contributed by atoms with van der Waals surface area (Å²) in [6.07, 6.45) is 10.9. The number of rotatable bonds is 4. The third kappa shape index (κ3) is 2.84. The van der Waals surface area contributed by atoms with Crippen molar-refractivity contribution in [3.8, 4) is 0 Å². The van der Waals surface area contributed by atoms with Gasteiger partial charge >= 0.3 is 5.97 Å². The van der Waals surface area contributed by atoms with Crippen LogP contribution in [0, 0.1) is 0 Å². The highest BCUT2D eigenvalue weighted by molar-refractivity contribution is 5.67. The first-order chi connectivity index (χ1) is 7.75. The molecule has 0 saturated heterocycles. The van der Waals surface area contributed by atoms with Crippen molar-refractivity contribution in [3.63, 3.8) is 0 Å². The molecular formula is C12H18N2O2. The van der Waals surface area contributed by atoms with Gasteiger partial charge in [0, 0.05) is 12.6 Å². The Balaban J connectivity index is 1.93. The Labute approximate surface area is 95.3 Å². The fourth-order valence-corrected chi connectivity index (χ4v) is 2.30. The summed E-state index contributed by atoms with van der Waals surface area (Å²) >= 11 is 0. The molecule has 1 saturated carbocycles. The lowest BCUT2D eigenvalue weighted by Crippen LogP contribution is -2.12. The van der Waals surface area contributed by atoms with Gasteiger partial charge in [0.15, 0.2) is 0 Å². The van der Waals surface area contributed by atoms with E-state index in [1.54, 1.807) is 6.20 Å².